The number of nitrogens with zero attached hydrogens (tertiary/aromatic N) is 3. The van der Waals surface area contributed by atoms with Gasteiger partial charge in [0, 0.05) is 11.3 Å². The highest BCUT2D eigenvalue weighted by Crippen LogP contribution is 2.44. The molecule has 0 bridgehead atoms. The second-order valence-electron chi connectivity index (χ2n) is 10.4. The lowest BCUT2D eigenvalue weighted by Gasteiger charge is -2.22. The number of unbranched alkanes of at least 4 members (excludes halogenated alkanes) is 2. The summed E-state index contributed by atoms with van der Waals surface area (Å²) in [6.45, 7) is 5.31. The zero-order valence-electron chi connectivity index (χ0n) is 25.1. The first-order chi connectivity index (χ1) is 21.9. The van der Waals surface area contributed by atoms with E-state index in [1.807, 2.05) is 0 Å². The number of ether oxygens (including phenoxy) is 2. The normalized spacial score (nSPS) is 15.9. The number of Topliss-reactive ketones (excluding diaryl/α,β-unsaturated/α-hetero) is 1. The molecule has 1 fully saturated rings. The third-order valence-corrected chi connectivity index (χ3v) is 9.32. The highest BCUT2D eigenvalue weighted by atomic mass is 32.2. The monoisotopic (exact) mass is 647 g/mol. The second-order valence-corrected chi connectivity index (χ2v) is 12.6. The molecule has 234 valence electrons. The van der Waals surface area contributed by atoms with Crippen molar-refractivity contribution in [2.45, 2.75) is 55.7 Å². The minimum atomic E-state index is -0.965. The number of hydrogen-bond acceptors (Lipinski definition) is 9. The van der Waals surface area contributed by atoms with Crippen LogP contribution in [-0.2, 0) is 15.3 Å². The molecule has 1 aliphatic rings. The zero-order chi connectivity index (χ0) is 31.8. The maximum absolute atomic E-state index is 14.2. The van der Waals surface area contributed by atoms with Crippen molar-refractivity contribution in [2.75, 3.05) is 18.1 Å². The van der Waals surface area contributed by atoms with Crippen LogP contribution in [0, 0.1) is 5.82 Å². The van der Waals surface area contributed by atoms with Crippen LogP contribution in [0.25, 0.3) is 5.76 Å². The van der Waals surface area contributed by atoms with E-state index in [-0.39, 0.29) is 22.3 Å². The van der Waals surface area contributed by atoms with Crippen LogP contribution in [0.5, 0.6) is 11.5 Å². The quantitative estimate of drug-likeness (QED) is 0.0368. The van der Waals surface area contributed by atoms with Crippen molar-refractivity contribution < 1.29 is 28.6 Å². The number of amides is 1. The lowest BCUT2D eigenvalue weighted by molar-refractivity contribution is -0.132. The number of halogens is 1. The minimum Gasteiger partial charge on any atom is -0.507 e. The van der Waals surface area contributed by atoms with Gasteiger partial charge < -0.3 is 14.6 Å². The van der Waals surface area contributed by atoms with E-state index >= 15 is 0 Å². The summed E-state index contributed by atoms with van der Waals surface area (Å²) in [5.41, 5.74) is 1.42. The number of hydrogen-bond donors (Lipinski definition) is 1. The van der Waals surface area contributed by atoms with Gasteiger partial charge in [0.15, 0.2) is 4.34 Å². The predicted octanol–water partition coefficient (Wildman–Crippen LogP) is 7.95. The van der Waals surface area contributed by atoms with Crippen molar-refractivity contribution in [3.05, 3.63) is 101 Å². The first-order valence-corrected chi connectivity index (χ1v) is 16.7. The third kappa shape index (κ3) is 7.54. The molecule has 3 aromatic carbocycles. The highest BCUT2D eigenvalue weighted by Gasteiger charge is 2.48. The molecule has 11 heteroatoms. The number of carbonyl (C=O) groups excluding carboxylic acids is 2. The van der Waals surface area contributed by atoms with E-state index in [4.69, 9.17) is 9.47 Å². The van der Waals surface area contributed by atoms with Crippen LogP contribution < -0.4 is 14.4 Å². The Kier molecular flexibility index (Phi) is 10.9. The standard InChI is InChI=1S/C34H34FN3O5S2/c1-3-5-19-42-25-15-11-22(12-16-25)29-28(30(39)23-13-17-26(18-14-23)43-20-6-4-2)31(40)32(41)38(29)33-36-37-34(45-33)44-21-24-9-7-8-10-27(24)35/h7-18,29,39H,3-6,19-21H2,1-2H3/b30-28-. The zero-order valence-corrected chi connectivity index (χ0v) is 26.7. The number of anilines is 1. The van der Waals surface area contributed by atoms with Gasteiger partial charge in [-0.15, -0.1) is 10.2 Å². The van der Waals surface area contributed by atoms with Crippen molar-refractivity contribution in [1.82, 2.24) is 10.2 Å². The highest BCUT2D eigenvalue weighted by molar-refractivity contribution is 8.00. The molecule has 0 radical (unpaired) electrons. The van der Waals surface area contributed by atoms with Gasteiger partial charge in [0.25, 0.3) is 5.78 Å². The van der Waals surface area contributed by atoms with Crippen molar-refractivity contribution in [1.29, 1.82) is 0 Å². The Morgan fingerprint density at radius 2 is 1.53 bits per heavy atom. The summed E-state index contributed by atoms with van der Waals surface area (Å²) < 4.78 is 26.2. The molecule has 1 saturated heterocycles. The van der Waals surface area contributed by atoms with E-state index in [1.54, 1.807) is 66.7 Å². The van der Waals surface area contributed by atoms with Gasteiger partial charge in [0.05, 0.1) is 24.8 Å². The molecule has 1 unspecified atom stereocenters. The Morgan fingerprint density at radius 1 is 0.911 bits per heavy atom. The van der Waals surface area contributed by atoms with Gasteiger partial charge >= 0.3 is 5.91 Å². The number of ketones is 1. The summed E-state index contributed by atoms with van der Waals surface area (Å²) in [6, 6.07) is 19.4. The van der Waals surface area contributed by atoms with Crippen molar-refractivity contribution in [3.63, 3.8) is 0 Å². The Bertz CT molecular complexity index is 1660. The fraction of sp³-hybridized carbons (Fsp3) is 0.294. The Balaban J connectivity index is 1.48. The van der Waals surface area contributed by atoms with Crippen molar-refractivity contribution >= 4 is 45.7 Å². The predicted molar refractivity (Wildman–Crippen MR) is 174 cm³/mol. The van der Waals surface area contributed by atoms with Gasteiger partial charge in [0.1, 0.15) is 23.1 Å². The van der Waals surface area contributed by atoms with E-state index in [9.17, 15) is 19.1 Å². The molecule has 45 heavy (non-hydrogen) atoms. The summed E-state index contributed by atoms with van der Waals surface area (Å²) in [4.78, 5) is 28.4. The number of thioether (sulfide) groups is 1. The van der Waals surface area contributed by atoms with E-state index in [0.29, 0.717) is 51.5 Å². The molecule has 5 rings (SSSR count). The van der Waals surface area contributed by atoms with Crippen LogP contribution in [0.15, 0.2) is 82.7 Å². The fourth-order valence-corrected chi connectivity index (χ4v) is 6.59. The number of carbonyl (C=O) groups is 2. The van der Waals surface area contributed by atoms with Crippen LogP contribution >= 0.6 is 23.1 Å². The summed E-state index contributed by atoms with van der Waals surface area (Å²) in [5, 5.41) is 20.1. The van der Waals surface area contributed by atoms with Gasteiger partial charge in [-0.2, -0.15) is 0 Å². The van der Waals surface area contributed by atoms with Crippen LogP contribution in [0.1, 0.15) is 62.3 Å². The molecule has 1 atom stereocenters. The molecule has 8 nitrogen and oxygen atoms in total. The topological polar surface area (TPSA) is 102 Å². The lowest BCUT2D eigenvalue weighted by atomic mass is 9.95. The van der Waals surface area contributed by atoms with Crippen LogP contribution in [0.3, 0.4) is 0 Å². The van der Waals surface area contributed by atoms with Crippen LogP contribution in [0.2, 0.25) is 0 Å². The van der Waals surface area contributed by atoms with Gasteiger partial charge in [-0.1, -0.05) is 80.1 Å². The van der Waals surface area contributed by atoms with Crippen molar-refractivity contribution in [3.8, 4) is 11.5 Å². The summed E-state index contributed by atoms with van der Waals surface area (Å²) >= 11 is 2.40. The number of benzene rings is 3. The second kappa shape index (κ2) is 15.2. The molecule has 0 spiro atoms. The van der Waals surface area contributed by atoms with Gasteiger partial charge in [-0.3, -0.25) is 14.5 Å². The molecule has 1 aliphatic heterocycles. The van der Waals surface area contributed by atoms with Crippen molar-refractivity contribution in [2.24, 2.45) is 0 Å². The molecule has 0 aliphatic carbocycles. The van der Waals surface area contributed by atoms with Gasteiger partial charge in [0.2, 0.25) is 5.13 Å². The van der Waals surface area contributed by atoms with Crippen LogP contribution in [0.4, 0.5) is 9.52 Å². The first-order valence-electron chi connectivity index (χ1n) is 14.9. The average molecular weight is 648 g/mol. The largest absolute Gasteiger partial charge is 0.507 e. The Labute approximate surface area is 269 Å². The van der Waals surface area contributed by atoms with Gasteiger partial charge in [-0.25, -0.2) is 4.39 Å². The molecule has 1 N–H and O–H groups in total. The lowest BCUT2D eigenvalue weighted by Crippen LogP contribution is -2.29. The van der Waals surface area contributed by atoms with E-state index < -0.39 is 17.7 Å². The SMILES string of the molecule is CCCCOc1ccc(/C(O)=C2/C(=O)C(=O)N(c3nnc(SCc4ccccc4F)s3)C2c2ccc(OCCCC)cc2)cc1. The minimum absolute atomic E-state index is 0.0601. The molecule has 4 aromatic rings. The maximum atomic E-state index is 14.2. The number of aliphatic hydroxyl groups excluding tert-OH is 1. The molecule has 2 heterocycles. The molecular weight excluding hydrogens is 614 g/mol. The summed E-state index contributed by atoms with van der Waals surface area (Å²) in [7, 11) is 0. The van der Waals surface area contributed by atoms with E-state index in [0.717, 1.165) is 37.0 Å². The van der Waals surface area contributed by atoms with E-state index in [1.165, 1.54) is 22.7 Å². The maximum Gasteiger partial charge on any atom is 0.301 e. The summed E-state index contributed by atoms with van der Waals surface area (Å²) in [5.74, 6) is -0.659. The van der Waals surface area contributed by atoms with Gasteiger partial charge in [-0.05, 0) is 66.4 Å². The molecule has 1 amide bonds. The molecular formula is C34H34FN3O5S2. The number of aromatic nitrogens is 2. The number of aliphatic hydroxyl groups is 1. The smallest absolute Gasteiger partial charge is 0.301 e. The molecule has 1 aromatic heterocycles. The summed E-state index contributed by atoms with van der Waals surface area (Å²) in [6.07, 6.45) is 3.84. The first kappa shape index (κ1) is 32.2. The number of rotatable bonds is 14. The fourth-order valence-electron chi connectivity index (χ4n) is 4.74. The average Bonchev–Trinajstić information content (AvgIpc) is 3.63. The molecule has 0 saturated carbocycles. The van der Waals surface area contributed by atoms with E-state index in [2.05, 4.69) is 24.0 Å². The Morgan fingerprint density at radius 3 is 2.16 bits per heavy atom. The Hall–Kier alpha value is -4.22. The van der Waals surface area contributed by atoms with Crippen LogP contribution in [-0.4, -0.2) is 40.2 Å². The third-order valence-electron chi connectivity index (χ3n) is 7.21.